The molecule has 0 fully saturated rings. The van der Waals surface area contributed by atoms with E-state index in [1.165, 1.54) is 0 Å². The third-order valence-corrected chi connectivity index (χ3v) is 2.26. The van der Waals surface area contributed by atoms with Crippen molar-refractivity contribution in [3.8, 4) is 0 Å². The van der Waals surface area contributed by atoms with Crippen LogP contribution in [-0.2, 0) is 6.54 Å². The van der Waals surface area contributed by atoms with E-state index < -0.39 is 0 Å². The number of pyridine rings is 1. The first-order valence-corrected chi connectivity index (χ1v) is 5.51. The second-order valence-electron chi connectivity index (χ2n) is 3.64. The maximum Gasteiger partial charge on any atom is 0.130 e. The van der Waals surface area contributed by atoms with Gasteiger partial charge in [0.05, 0.1) is 0 Å². The fraction of sp³-hybridized carbons (Fsp3) is 0.500. The summed E-state index contributed by atoms with van der Waals surface area (Å²) in [6.07, 6.45) is 1.78. The third-order valence-electron chi connectivity index (χ3n) is 1.83. The highest BCUT2D eigenvalue weighted by Gasteiger charge is 2.03. The maximum absolute atomic E-state index is 5.63. The highest BCUT2D eigenvalue weighted by molar-refractivity contribution is 9.10. The van der Waals surface area contributed by atoms with Crippen molar-refractivity contribution in [2.45, 2.75) is 20.4 Å². The Morgan fingerprint density at radius 1 is 1.57 bits per heavy atom. The standard InChI is InChI=1S/C10H16BrN3/c1-7(2)5-13-10-8(4-12)3-9(11)6-14-10/h3,6-7H,4-5,12H2,1-2H3,(H,13,14). The first kappa shape index (κ1) is 11.5. The molecule has 1 aromatic heterocycles. The van der Waals surface area contributed by atoms with E-state index in [0.717, 1.165) is 22.4 Å². The molecule has 0 aromatic carbocycles. The van der Waals surface area contributed by atoms with Crippen LogP contribution in [-0.4, -0.2) is 11.5 Å². The van der Waals surface area contributed by atoms with E-state index in [9.17, 15) is 0 Å². The van der Waals surface area contributed by atoms with Crippen LogP contribution in [0.25, 0.3) is 0 Å². The average Bonchev–Trinajstić information content (AvgIpc) is 2.15. The van der Waals surface area contributed by atoms with E-state index >= 15 is 0 Å². The summed E-state index contributed by atoms with van der Waals surface area (Å²) in [5.74, 6) is 1.50. The number of rotatable bonds is 4. The van der Waals surface area contributed by atoms with Crippen molar-refractivity contribution < 1.29 is 0 Å². The quantitative estimate of drug-likeness (QED) is 0.871. The van der Waals surface area contributed by atoms with Gasteiger partial charge in [-0.1, -0.05) is 13.8 Å². The minimum absolute atomic E-state index is 0.507. The Morgan fingerprint density at radius 2 is 2.29 bits per heavy atom. The number of hydrogen-bond acceptors (Lipinski definition) is 3. The largest absolute Gasteiger partial charge is 0.370 e. The van der Waals surface area contributed by atoms with Gasteiger partial charge in [-0.2, -0.15) is 0 Å². The Labute approximate surface area is 93.2 Å². The molecule has 0 atom stereocenters. The Balaban J connectivity index is 2.75. The molecule has 0 saturated carbocycles. The van der Waals surface area contributed by atoms with Crippen molar-refractivity contribution >= 4 is 21.7 Å². The van der Waals surface area contributed by atoms with Crippen LogP contribution in [0.1, 0.15) is 19.4 Å². The molecule has 0 unspecified atom stereocenters. The molecule has 0 aliphatic heterocycles. The molecule has 3 N–H and O–H groups in total. The highest BCUT2D eigenvalue weighted by atomic mass is 79.9. The lowest BCUT2D eigenvalue weighted by molar-refractivity contribution is 0.686. The van der Waals surface area contributed by atoms with Gasteiger partial charge in [-0.05, 0) is 27.9 Å². The highest BCUT2D eigenvalue weighted by Crippen LogP contribution is 2.17. The zero-order chi connectivity index (χ0) is 10.6. The lowest BCUT2D eigenvalue weighted by Crippen LogP contribution is -2.12. The molecule has 3 nitrogen and oxygen atoms in total. The molecule has 1 heterocycles. The topological polar surface area (TPSA) is 50.9 Å². The minimum atomic E-state index is 0.507. The molecule has 4 heteroatoms. The van der Waals surface area contributed by atoms with Crippen LogP contribution in [0.4, 0.5) is 5.82 Å². The van der Waals surface area contributed by atoms with E-state index in [2.05, 4.69) is 40.1 Å². The maximum atomic E-state index is 5.63. The molecule has 0 saturated heterocycles. The molecule has 78 valence electrons. The lowest BCUT2D eigenvalue weighted by atomic mass is 10.2. The van der Waals surface area contributed by atoms with Gasteiger partial charge in [0.1, 0.15) is 5.82 Å². The molecule has 0 spiro atoms. The van der Waals surface area contributed by atoms with E-state index in [0.29, 0.717) is 12.5 Å². The number of nitrogens with one attached hydrogen (secondary N) is 1. The van der Waals surface area contributed by atoms with Gasteiger partial charge in [0, 0.05) is 29.3 Å². The molecular formula is C10H16BrN3. The van der Waals surface area contributed by atoms with Gasteiger partial charge in [0.2, 0.25) is 0 Å². The van der Waals surface area contributed by atoms with Gasteiger partial charge in [-0.15, -0.1) is 0 Å². The summed E-state index contributed by atoms with van der Waals surface area (Å²) in [6, 6.07) is 2.00. The fourth-order valence-corrected chi connectivity index (χ4v) is 1.48. The molecule has 1 aromatic rings. The van der Waals surface area contributed by atoms with Gasteiger partial charge in [-0.25, -0.2) is 4.98 Å². The van der Waals surface area contributed by atoms with Gasteiger partial charge < -0.3 is 11.1 Å². The second-order valence-corrected chi connectivity index (χ2v) is 4.56. The number of aromatic nitrogens is 1. The van der Waals surface area contributed by atoms with Crippen LogP contribution < -0.4 is 11.1 Å². The zero-order valence-corrected chi connectivity index (χ0v) is 10.1. The van der Waals surface area contributed by atoms with Crippen LogP contribution in [0.3, 0.4) is 0 Å². The number of nitrogens with two attached hydrogens (primary N) is 1. The minimum Gasteiger partial charge on any atom is -0.370 e. The van der Waals surface area contributed by atoms with E-state index in [1.807, 2.05) is 6.07 Å². The van der Waals surface area contributed by atoms with Gasteiger partial charge in [0.15, 0.2) is 0 Å². The molecular weight excluding hydrogens is 242 g/mol. The van der Waals surface area contributed by atoms with Crippen molar-refractivity contribution in [1.82, 2.24) is 4.98 Å². The predicted molar refractivity (Wildman–Crippen MR) is 63.2 cm³/mol. The normalized spacial score (nSPS) is 10.6. The first-order valence-electron chi connectivity index (χ1n) is 4.72. The molecule has 0 aliphatic rings. The van der Waals surface area contributed by atoms with Crippen LogP contribution in [0.15, 0.2) is 16.7 Å². The van der Waals surface area contributed by atoms with Crippen molar-refractivity contribution in [3.63, 3.8) is 0 Å². The molecule has 0 aliphatic carbocycles. The number of hydrogen-bond donors (Lipinski definition) is 2. The Morgan fingerprint density at radius 3 is 2.86 bits per heavy atom. The molecule has 0 amide bonds. The van der Waals surface area contributed by atoms with E-state index in [4.69, 9.17) is 5.73 Å². The number of halogens is 1. The monoisotopic (exact) mass is 257 g/mol. The fourth-order valence-electron chi connectivity index (χ4n) is 1.10. The lowest BCUT2D eigenvalue weighted by Gasteiger charge is -2.11. The SMILES string of the molecule is CC(C)CNc1ncc(Br)cc1CN. The van der Waals surface area contributed by atoms with Gasteiger partial charge in [-0.3, -0.25) is 0 Å². The summed E-state index contributed by atoms with van der Waals surface area (Å²) in [5.41, 5.74) is 6.67. The Bertz CT molecular complexity index is 299. The summed E-state index contributed by atoms with van der Waals surface area (Å²) < 4.78 is 0.966. The third kappa shape index (κ3) is 3.27. The van der Waals surface area contributed by atoms with Crippen molar-refractivity contribution in [2.75, 3.05) is 11.9 Å². The van der Waals surface area contributed by atoms with E-state index in [-0.39, 0.29) is 0 Å². The number of nitrogens with zero attached hydrogens (tertiary/aromatic N) is 1. The first-order chi connectivity index (χ1) is 6.63. The summed E-state index contributed by atoms with van der Waals surface area (Å²) in [6.45, 7) is 5.75. The Kier molecular flexibility index (Phi) is 4.35. The molecule has 1 rings (SSSR count). The van der Waals surface area contributed by atoms with Gasteiger partial charge in [0.25, 0.3) is 0 Å². The van der Waals surface area contributed by atoms with Crippen LogP contribution >= 0.6 is 15.9 Å². The molecule has 14 heavy (non-hydrogen) atoms. The van der Waals surface area contributed by atoms with Crippen molar-refractivity contribution in [3.05, 3.63) is 22.3 Å². The van der Waals surface area contributed by atoms with Gasteiger partial charge >= 0.3 is 0 Å². The van der Waals surface area contributed by atoms with Crippen LogP contribution in [0.5, 0.6) is 0 Å². The summed E-state index contributed by atoms with van der Waals surface area (Å²) in [4.78, 5) is 4.28. The average molecular weight is 258 g/mol. The van der Waals surface area contributed by atoms with Crippen molar-refractivity contribution in [1.29, 1.82) is 0 Å². The summed E-state index contributed by atoms with van der Waals surface area (Å²) in [5, 5.41) is 3.28. The van der Waals surface area contributed by atoms with Crippen LogP contribution in [0.2, 0.25) is 0 Å². The van der Waals surface area contributed by atoms with E-state index in [1.54, 1.807) is 6.20 Å². The zero-order valence-electron chi connectivity index (χ0n) is 8.55. The summed E-state index contributed by atoms with van der Waals surface area (Å²) in [7, 11) is 0. The van der Waals surface area contributed by atoms with Crippen LogP contribution in [0, 0.1) is 5.92 Å². The smallest absolute Gasteiger partial charge is 0.130 e. The molecule has 0 bridgehead atoms. The molecule has 0 radical (unpaired) electrons. The summed E-state index contributed by atoms with van der Waals surface area (Å²) >= 11 is 3.37. The second kappa shape index (κ2) is 5.32. The number of anilines is 1. The predicted octanol–water partition coefficient (Wildman–Crippen LogP) is 2.37. The van der Waals surface area contributed by atoms with Crippen molar-refractivity contribution in [2.24, 2.45) is 11.7 Å². The Hall–Kier alpha value is -0.610.